The monoisotopic (exact) mass is 331 g/mol. The van der Waals surface area contributed by atoms with Gasteiger partial charge in [-0.3, -0.25) is 4.98 Å². The maximum atomic E-state index is 12.3. The van der Waals surface area contributed by atoms with E-state index in [4.69, 9.17) is 4.74 Å². The highest BCUT2D eigenvalue weighted by molar-refractivity contribution is 7.07. The van der Waals surface area contributed by atoms with Crippen LogP contribution in [0.25, 0.3) is 0 Å². The minimum atomic E-state index is -0.00985. The molecule has 1 saturated heterocycles. The highest BCUT2D eigenvalue weighted by Gasteiger charge is 2.27. The minimum Gasteiger partial charge on any atom is -0.487 e. The van der Waals surface area contributed by atoms with Gasteiger partial charge in [0.25, 0.3) is 0 Å². The highest BCUT2D eigenvalue weighted by atomic mass is 32.1. The quantitative estimate of drug-likeness (QED) is 0.916. The summed E-state index contributed by atoms with van der Waals surface area (Å²) in [6.07, 6.45) is 4.31. The normalized spacial score (nSPS) is 18.7. The number of nitrogens with zero attached hydrogens (tertiary/aromatic N) is 2. The molecule has 2 amide bonds. The van der Waals surface area contributed by atoms with Gasteiger partial charge < -0.3 is 15.0 Å². The summed E-state index contributed by atoms with van der Waals surface area (Å²) < 4.78 is 5.86. The Balaban J connectivity index is 1.44. The van der Waals surface area contributed by atoms with Crippen molar-refractivity contribution in [3.8, 4) is 5.75 Å². The van der Waals surface area contributed by atoms with Gasteiger partial charge in [-0.1, -0.05) is 6.92 Å². The fourth-order valence-electron chi connectivity index (χ4n) is 2.64. The largest absolute Gasteiger partial charge is 0.487 e. The number of ether oxygens (including phenoxy) is 1. The van der Waals surface area contributed by atoms with Crippen molar-refractivity contribution in [2.45, 2.75) is 25.4 Å². The molecular weight excluding hydrogens is 310 g/mol. The second-order valence-electron chi connectivity index (χ2n) is 5.81. The molecular formula is C17H21N3O2S. The molecule has 6 heteroatoms. The average molecular weight is 331 g/mol. The number of hydrogen-bond acceptors (Lipinski definition) is 4. The molecule has 23 heavy (non-hydrogen) atoms. The summed E-state index contributed by atoms with van der Waals surface area (Å²) >= 11 is 1.68. The molecule has 0 aliphatic carbocycles. The number of carbonyl (C=O) groups excluding carboxylic acids is 1. The lowest BCUT2D eigenvalue weighted by Gasteiger charge is -2.19. The molecule has 3 heterocycles. The van der Waals surface area contributed by atoms with Crippen LogP contribution < -0.4 is 10.1 Å². The fourth-order valence-corrected chi connectivity index (χ4v) is 3.43. The van der Waals surface area contributed by atoms with Crippen LogP contribution in [0.1, 0.15) is 24.8 Å². The lowest BCUT2D eigenvalue weighted by atomic mass is 10.1. The second-order valence-corrected chi connectivity index (χ2v) is 6.59. The molecule has 2 aromatic heterocycles. The summed E-state index contributed by atoms with van der Waals surface area (Å²) in [6, 6.07) is 5.83. The van der Waals surface area contributed by atoms with E-state index in [9.17, 15) is 4.79 Å². The molecule has 0 bridgehead atoms. The van der Waals surface area contributed by atoms with Gasteiger partial charge in [-0.05, 0) is 40.4 Å². The van der Waals surface area contributed by atoms with Gasteiger partial charge >= 0.3 is 6.03 Å². The average Bonchev–Trinajstić information content (AvgIpc) is 3.25. The summed E-state index contributed by atoms with van der Waals surface area (Å²) in [6.45, 7) is 4.12. The first-order chi connectivity index (χ1) is 11.2. The van der Waals surface area contributed by atoms with Gasteiger partial charge in [-0.25, -0.2) is 4.79 Å². The number of nitrogens with one attached hydrogen (secondary N) is 1. The van der Waals surface area contributed by atoms with E-state index < -0.39 is 0 Å². The third-order valence-electron chi connectivity index (χ3n) is 4.04. The van der Waals surface area contributed by atoms with E-state index in [0.717, 1.165) is 18.7 Å². The number of thiophene rings is 1. The van der Waals surface area contributed by atoms with Gasteiger partial charge in [-0.15, -0.1) is 0 Å². The molecule has 2 atom stereocenters. The predicted molar refractivity (Wildman–Crippen MR) is 91.0 cm³/mol. The first-order valence-electron chi connectivity index (χ1n) is 7.84. The van der Waals surface area contributed by atoms with Gasteiger partial charge in [-0.2, -0.15) is 11.3 Å². The minimum absolute atomic E-state index is 0.00985. The lowest BCUT2D eigenvalue weighted by Crippen LogP contribution is -2.40. The SMILES string of the molecule is C[C@H](CNC(=O)N1CC[C@H](Oc2cccnc2)C1)c1ccsc1. The number of aromatic nitrogens is 1. The zero-order chi connectivity index (χ0) is 16.1. The zero-order valence-corrected chi connectivity index (χ0v) is 14.0. The zero-order valence-electron chi connectivity index (χ0n) is 13.1. The van der Waals surface area contributed by atoms with E-state index in [1.807, 2.05) is 17.0 Å². The van der Waals surface area contributed by atoms with E-state index in [-0.39, 0.29) is 12.1 Å². The number of likely N-dealkylation sites (tertiary alicyclic amines) is 1. The van der Waals surface area contributed by atoms with Gasteiger partial charge in [0.05, 0.1) is 12.7 Å². The standard InChI is InChI=1S/C17H21N3O2S/c1-13(14-5-8-23-12-14)9-19-17(21)20-7-4-16(11-20)22-15-3-2-6-18-10-15/h2-3,5-6,8,10,12-13,16H,4,7,9,11H2,1H3,(H,19,21)/t13-,16+/m1/s1. The maximum absolute atomic E-state index is 12.3. The summed E-state index contributed by atoms with van der Waals surface area (Å²) in [5, 5.41) is 7.21. The predicted octanol–water partition coefficient (Wildman–Crippen LogP) is 3.11. The van der Waals surface area contributed by atoms with Crippen LogP contribution in [-0.4, -0.2) is 41.7 Å². The highest BCUT2D eigenvalue weighted by Crippen LogP contribution is 2.19. The number of amides is 2. The van der Waals surface area contributed by atoms with E-state index in [1.165, 1.54) is 5.56 Å². The third-order valence-corrected chi connectivity index (χ3v) is 4.74. The van der Waals surface area contributed by atoms with Crippen LogP contribution >= 0.6 is 11.3 Å². The summed E-state index contributed by atoms with van der Waals surface area (Å²) in [4.78, 5) is 18.1. The van der Waals surface area contributed by atoms with Crippen molar-refractivity contribution < 1.29 is 9.53 Å². The third kappa shape index (κ3) is 4.22. The Labute approximate surface area is 140 Å². The molecule has 0 unspecified atom stereocenters. The first-order valence-corrected chi connectivity index (χ1v) is 8.78. The van der Waals surface area contributed by atoms with Crippen LogP contribution in [-0.2, 0) is 0 Å². The Morgan fingerprint density at radius 3 is 3.22 bits per heavy atom. The Bertz CT molecular complexity index is 618. The molecule has 5 nitrogen and oxygen atoms in total. The van der Waals surface area contributed by atoms with E-state index in [1.54, 1.807) is 23.7 Å². The summed E-state index contributed by atoms with van der Waals surface area (Å²) in [7, 11) is 0. The molecule has 3 rings (SSSR count). The Hall–Kier alpha value is -2.08. The molecule has 2 aromatic rings. The van der Waals surface area contributed by atoms with Gasteiger partial charge in [0.1, 0.15) is 11.9 Å². The number of hydrogen-bond donors (Lipinski definition) is 1. The lowest BCUT2D eigenvalue weighted by molar-refractivity contribution is 0.186. The molecule has 1 N–H and O–H groups in total. The van der Waals surface area contributed by atoms with Crippen LogP contribution in [0, 0.1) is 0 Å². The topological polar surface area (TPSA) is 54.5 Å². The van der Waals surface area contributed by atoms with Crippen molar-refractivity contribution in [2.75, 3.05) is 19.6 Å². The van der Waals surface area contributed by atoms with Crippen molar-refractivity contribution in [3.63, 3.8) is 0 Å². The molecule has 0 aromatic carbocycles. The smallest absolute Gasteiger partial charge is 0.317 e. The molecule has 1 aliphatic heterocycles. The number of rotatable bonds is 5. The van der Waals surface area contributed by atoms with E-state index >= 15 is 0 Å². The molecule has 0 radical (unpaired) electrons. The Kier molecular flexibility index (Phi) is 5.12. The van der Waals surface area contributed by atoms with Crippen LogP contribution in [0.3, 0.4) is 0 Å². The summed E-state index contributed by atoms with van der Waals surface area (Å²) in [5.41, 5.74) is 1.27. The molecule has 0 saturated carbocycles. The van der Waals surface area contributed by atoms with Gasteiger partial charge in [0.15, 0.2) is 0 Å². The van der Waals surface area contributed by atoms with Crippen LogP contribution in [0.15, 0.2) is 41.4 Å². The number of carbonyl (C=O) groups is 1. The molecule has 122 valence electrons. The second kappa shape index (κ2) is 7.46. The van der Waals surface area contributed by atoms with Crippen molar-refractivity contribution in [2.24, 2.45) is 0 Å². The fraction of sp³-hybridized carbons (Fsp3) is 0.412. The van der Waals surface area contributed by atoms with E-state index in [2.05, 4.69) is 34.1 Å². The van der Waals surface area contributed by atoms with Crippen LogP contribution in [0.5, 0.6) is 5.75 Å². The molecule has 1 fully saturated rings. The van der Waals surface area contributed by atoms with Crippen molar-refractivity contribution in [3.05, 3.63) is 46.9 Å². The first kappa shape index (κ1) is 15.8. The van der Waals surface area contributed by atoms with Crippen molar-refractivity contribution >= 4 is 17.4 Å². The molecule has 1 aliphatic rings. The van der Waals surface area contributed by atoms with Crippen LogP contribution in [0.4, 0.5) is 4.79 Å². The van der Waals surface area contributed by atoms with Crippen molar-refractivity contribution in [1.82, 2.24) is 15.2 Å². The Morgan fingerprint density at radius 2 is 2.48 bits per heavy atom. The van der Waals surface area contributed by atoms with Crippen molar-refractivity contribution in [1.29, 1.82) is 0 Å². The number of urea groups is 1. The van der Waals surface area contributed by atoms with Crippen LogP contribution in [0.2, 0.25) is 0 Å². The number of pyridine rings is 1. The van der Waals surface area contributed by atoms with Gasteiger partial charge in [0, 0.05) is 25.7 Å². The maximum Gasteiger partial charge on any atom is 0.317 e. The molecule has 0 spiro atoms. The summed E-state index contributed by atoms with van der Waals surface area (Å²) in [5.74, 6) is 1.08. The Morgan fingerprint density at radius 1 is 1.57 bits per heavy atom. The van der Waals surface area contributed by atoms with Gasteiger partial charge in [0.2, 0.25) is 0 Å². The van der Waals surface area contributed by atoms with E-state index in [0.29, 0.717) is 19.0 Å².